The number of anilines is 2. The van der Waals surface area contributed by atoms with Crippen molar-refractivity contribution in [3.05, 3.63) is 75.2 Å². The van der Waals surface area contributed by atoms with Gasteiger partial charge in [-0.25, -0.2) is 9.78 Å². The molecule has 0 fully saturated rings. The number of fused-ring (bicyclic) bond motifs is 1. The SMILES string of the molecule is CCn1cc(OC(=O)NCCO)c(=O)c2ccc(C#Cc3cc(Cc4cnc(N)nc4N)cc(OC)c3OC)cc21. The topological polar surface area (TPSA) is 177 Å². The summed E-state index contributed by atoms with van der Waals surface area (Å²) in [6, 6.07) is 8.86. The molecule has 6 N–H and O–H groups in total. The maximum Gasteiger partial charge on any atom is 0.412 e. The monoisotopic (exact) mass is 558 g/mol. The van der Waals surface area contributed by atoms with Crippen LogP contribution in [0.3, 0.4) is 0 Å². The number of carbonyl (C=O) groups is 1. The molecule has 0 aliphatic rings. The van der Waals surface area contributed by atoms with Crippen molar-refractivity contribution in [2.24, 2.45) is 0 Å². The van der Waals surface area contributed by atoms with E-state index in [0.717, 1.165) is 5.56 Å². The zero-order valence-corrected chi connectivity index (χ0v) is 22.9. The van der Waals surface area contributed by atoms with Gasteiger partial charge in [0, 0.05) is 42.2 Å². The second-order valence-electron chi connectivity index (χ2n) is 8.82. The van der Waals surface area contributed by atoms with Crippen LogP contribution in [0.5, 0.6) is 17.2 Å². The van der Waals surface area contributed by atoms with Crippen molar-refractivity contribution in [3.63, 3.8) is 0 Å². The number of carbonyl (C=O) groups excluding carboxylic acids is 1. The predicted octanol–water partition coefficient (Wildman–Crippen LogP) is 2.06. The van der Waals surface area contributed by atoms with Gasteiger partial charge in [-0.15, -0.1) is 0 Å². The van der Waals surface area contributed by atoms with Crippen molar-refractivity contribution in [1.82, 2.24) is 19.9 Å². The maximum absolute atomic E-state index is 13.0. The Labute approximate surface area is 235 Å². The zero-order valence-electron chi connectivity index (χ0n) is 22.9. The van der Waals surface area contributed by atoms with Crippen molar-refractivity contribution >= 4 is 28.8 Å². The van der Waals surface area contributed by atoms with E-state index in [9.17, 15) is 9.59 Å². The molecule has 4 aromatic rings. The van der Waals surface area contributed by atoms with Crippen molar-refractivity contribution in [3.8, 4) is 29.1 Å². The predicted molar refractivity (Wildman–Crippen MR) is 154 cm³/mol. The number of ether oxygens (including phenoxy) is 3. The molecule has 2 aromatic carbocycles. The Balaban J connectivity index is 1.72. The van der Waals surface area contributed by atoms with Gasteiger partial charge in [-0.1, -0.05) is 11.8 Å². The molecule has 2 heterocycles. The summed E-state index contributed by atoms with van der Waals surface area (Å²) in [4.78, 5) is 33.0. The first-order valence-electron chi connectivity index (χ1n) is 12.6. The Kier molecular flexibility index (Phi) is 8.91. The highest BCUT2D eigenvalue weighted by Gasteiger charge is 2.15. The number of nitrogen functional groups attached to an aromatic ring is 2. The lowest BCUT2D eigenvalue weighted by molar-refractivity contribution is 0.195. The van der Waals surface area contributed by atoms with Gasteiger partial charge < -0.3 is 40.7 Å². The Hall–Kier alpha value is -5.28. The van der Waals surface area contributed by atoms with Gasteiger partial charge in [-0.2, -0.15) is 4.98 Å². The Morgan fingerprint density at radius 1 is 1.12 bits per heavy atom. The molecule has 0 atom stereocenters. The van der Waals surface area contributed by atoms with Gasteiger partial charge in [0.2, 0.25) is 11.4 Å². The lowest BCUT2D eigenvalue weighted by Crippen LogP contribution is -2.31. The number of nitrogens with one attached hydrogen (secondary N) is 1. The molecule has 41 heavy (non-hydrogen) atoms. The standard InChI is InChI=1S/C29H30N6O6/c1-4-35-16-24(41-29(38)32-9-10-36)25(37)21-8-6-17(13-22(21)35)5-7-19-11-18(14-23(39-2)26(19)40-3)12-20-15-33-28(31)34-27(20)30/h6,8,11,13-16,36H,4,9-10,12H2,1-3H3,(H,32,38)(H4,30,31,33,34). The normalized spacial score (nSPS) is 10.5. The summed E-state index contributed by atoms with van der Waals surface area (Å²) in [5.41, 5.74) is 14.6. The third-order valence-corrected chi connectivity index (χ3v) is 6.16. The van der Waals surface area contributed by atoms with E-state index in [0.29, 0.717) is 52.1 Å². The molecule has 212 valence electrons. The summed E-state index contributed by atoms with van der Waals surface area (Å²) in [6.45, 7) is 2.18. The summed E-state index contributed by atoms with van der Waals surface area (Å²) in [7, 11) is 3.08. The molecule has 12 nitrogen and oxygen atoms in total. The molecule has 12 heteroatoms. The fraction of sp³-hybridized carbons (Fsp3) is 0.241. The van der Waals surface area contributed by atoms with E-state index >= 15 is 0 Å². The molecule has 0 aliphatic carbocycles. The Bertz CT molecular complexity index is 1720. The number of methoxy groups -OCH3 is 2. The number of benzene rings is 2. The van der Waals surface area contributed by atoms with E-state index in [-0.39, 0.29) is 30.7 Å². The first-order valence-corrected chi connectivity index (χ1v) is 12.6. The van der Waals surface area contributed by atoms with Gasteiger partial charge in [0.05, 0.1) is 38.1 Å². The van der Waals surface area contributed by atoms with Crippen molar-refractivity contribution in [1.29, 1.82) is 0 Å². The average molecular weight is 559 g/mol. The summed E-state index contributed by atoms with van der Waals surface area (Å²) < 4.78 is 18.1. The Morgan fingerprint density at radius 2 is 1.93 bits per heavy atom. The smallest absolute Gasteiger partial charge is 0.412 e. The summed E-state index contributed by atoms with van der Waals surface area (Å²) >= 11 is 0. The number of aliphatic hydroxyl groups is 1. The molecule has 4 rings (SSSR count). The van der Waals surface area contributed by atoms with Gasteiger partial charge in [0.15, 0.2) is 17.2 Å². The van der Waals surface area contributed by atoms with E-state index in [1.807, 2.05) is 19.1 Å². The first-order chi connectivity index (χ1) is 19.8. The van der Waals surface area contributed by atoms with Gasteiger partial charge in [-0.3, -0.25) is 4.79 Å². The van der Waals surface area contributed by atoms with Crippen LogP contribution in [0.25, 0.3) is 10.9 Å². The molecule has 1 amide bonds. The molecule has 0 radical (unpaired) electrons. The highest BCUT2D eigenvalue weighted by Crippen LogP contribution is 2.33. The van der Waals surface area contributed by atoms with E-state index in [1.54, 1.807) is 36.1 Å². The van der Waals surface area contributed by atoms with Crippen LogP contribution < -0.4 is 36.4 Å². The summed E-state index contributed by atoms with van der Waals surface area (Å²) in [5.74, 6) is 7.54. The molecule has 0 saturated heterocycles. The number of nitrogens with two attached hydrogens (primary N) is 2. The van der Waals surface area contributed by atoms with E-state index < -0.39 is 11.5 Å². The third-order valence-electron chi connectivity index (χ3n) is 6.16. The van der Waals surface area contributed by atoms with Crippen LogP contribution in [0.2, 0.25) is 0 Å². The minimum absolute atomic E-state index is 0.0137. The largest absolute Gasteiger partial charge is 0.493 e. The molecule has 0 saturated carbocycles. The number of aryl methyl sites for hydroxylation is 1. The molecule has 2 aromatic heterocycles. The molecular formula is C29H30N6O6. The van der Waals surface area contributed by atoms with E-state index in [4.69, 9.17) is 30.8 Å². The van der Waals surface area contributed by atoms with E-state index in [2.05, 4.69) is 27.1 Å². The van der Waals surface area contributed by atoms with Crippen LogP contribution in [-0.4, -0.2) is 53.1 Å². The maximum atomic E-state index is 13.0. The van der Waals surface area contributed by atoms with Crippen LogP contribution in [0, 0.1) is 11.8 Å². The van der Waals surface area contributed by atoms with E-state index in [1.165, 1.54) is 13.3 Å². The highest BCUT2D eigenvalue weighted by atomic mass is 16.6. The summed E-state index contributed by atoms with van der Waals surface area (Å²) in [6.07, 6.45) is 2.66. The lowest BCUT2D eigenvalue weighted by Gasteiger charge is -2.13. The summed E-state index contributed by atoms with van der Waals surface area (Å²) in [5, 5.41) is 11.6. The quantitative estimate of drug-likeness (QED) is 0.234. The average Bonchev–Trinajstić information content (AvgIpc) is 2.97. The number of hydrogen-bond acceptors (Lipinski definition) is 10. The van der Waals surface area contributed by atoms with Crippen molar-refractivity contribution < 1.29 is 24.1 Å². The van der Waals surface area contributed by atoms with Crippen LogP contribution in [0.15, 0.2) is 47.5 Å². The highest BCUT2D eigenvalue weighted by molar-refractivity contribution is 5.83. The third kappa shape index (κ3) is 6.48. The van der Waals surface area contributed by atoms with Crippen molar-refractivity contribution in [2.45, 2.75) is 19.9 Å². The molecule has 0 spiro atoms. The van der Waals surface area contributed by atoms with Crippen LogP contribution in [0.1, 0.15) is 29.2 Å². The second-order valence-corrected chi connectivity index (χ2v) is 8.82. The fourth-order valence-electron chi connectivity index (χ4n) is 4.22. The first kappa shape index (κ1) is 28.7. The lowest BCUT2D eigenvalue weighted by atomic mass is 10.0. The number of aliphatic hydroxyl groups excluding tert-OH is 1. The minimum Gasteiger partial charge on any atom is -0.493 e. The molecule has 0 unspecified atom stereocenters. The number of aromatic nitrogens is 3. The second kappa shape index (κ2) is 12.7. The van der Waals surface area contributed by atoms with Gasteiger partial charge >= 0.3 is 6.09 Å². The number of nitrogens with zero attached hydrogens (tertiary/aromatic N) is 3. The fourth-order valence-corrected chi connectivity index (χ4v) is 4.22. The molecular weight excluding hydrogens is 528 g/mol. The number of rotatable bonds is 8. The number of amides is 1. The Morgan fingerprint density at radius 3 is 2.61 bits per heavy atom. The number of hydrogen-bond donors (Lipinski definition) is 4. The molecule has 0 aliphatic heterocycles. The van der Waals surface area contributed by atoms with Crippen LogP contribution >= 0.6 is 0 Å². The van der Waals surface area contributed by atoms with Crippen LogP contribution in [0.4, 0.5) is 16.6 Å². The van der Waals surface area contributed by atoms with Crippen LogP contribution in [-0.2, 0) is 13.0 Å². The molecule has 0 bridgehead atoms. The van der Waals surface area contributed by atoms with Gasteiger partial charge in [0.1, 0.15) is 5.82 Å². The van der Waals surface area contributed by atoms with Gasteiger partial charge in [0.25, 0.3) is 0 Å². The zero-order chi connectivity index (χ0) is 29.5. The van der Waals surface area contributed by atoms with Crippen molar-refractivity contribution in [2.75, 3.05) is 38.8 Å². The minimum atomic E-state index is -0.821. The number of pyridine rings is 1. The van der Waals surface area contributed by atoms with Gasteiger partial charge in [-0.05, 0) is 42.8 Å².